The highest BCUT2D eigenvalue weighted by molar-refractivity contribution is 7.13. The summed E-state index contributed by atoms with van der Waals surface area (Å²) in [4.78, 5) is 15.6. The third-order valence-electron chi connectivity index (χ3n) is 2.05. The molecule has 0 aromatic carbocycles. The number of carbonyl (C=O) groups is 1. The van der Waals surface area contributed by atoms with Crippen LogP contribution in [0.15, 0.2) is 22.1 Å². The van der Waals surface area contributed by atoms with Gasteiger partial charge in [0, 0.05) is 5.38 Å². The number of nitrogens with zero attached hydrogens (tertiary/aromatic N) is 1. The van der Waals surface area contributed by atoms with Gasteiger partial charge in [0.1, 0.15) is 0 Å². The predicted molar refractivity (Wildman–Crippen MR) is 60.5 cm³/mol. The molecule has 0 spiro atoms. The van der Waals surface area contributed by atoms with E-state index >= 15 is 0 Å². The highest BCUT2D eigenvalue weighted by atomic mass is 32.1. The van der Waals surface area contributed by atoms with Gasteiger partial charge < -0.3 is 9.15 Å². The molecule has 0 N–H and O–H groups in total. The first-order chi connectivity index (χ1) is 7.72. The molecule has 2 aromatic rings. The zero-order valence-corrected chi connectivity index (χ0v) is 9.84. The molecule has 0 radical (unpaired) electrons. The molecule has 0 aliphatic rings. The Labute approximate surface area is 96.9 Å². The summed E-state index contributed by atoms with van der Waals surface area (Å²) in [6.45, 7) is 4.05. The lowest BCUT2D eigenvalue weighted by Crippen LogP contribution is -2.04. The van der Waals surface area contributed by atoms with Crippen molar-refractivity contribution < 1.29 is 13.9 Å². The van der Waals surface area contributed by atoms with Gasteiger partial charge >= 0.3 is 5.97 Å². The number of thiazole rings is 1. The first kappa shape index (κ1) is 10.9. The molecule has 84 valence electrons. The van der Waals surface area contributed by atoms with Crippen LogP contribution in [0, 0.1) is 6.92 Å². The maximum absolute atomic E-state index is 11.4. The molecule has 0 saturated carbocycles. The van der Waals surface area contributed by atoms with Gasteiger partial charge in [-0.2, -0.15) is 0 Å². The lowest BCUT2D eigenvalue weighted by molar-refractivity contribution is 0.0520. The van der Waals surface area contributed by atoms with Crippen molar-refractivity contribution in [1.82, 2.24) is 4.98 Å². The Kier molecular flexibility index (Phi) is 3.05. The average molecular weight is 237 g/mol. The van der Waals surface area contributed by atoms with E-state index in [2.05, 4.69) is 4.98 Å². The van der Waals surface area contributed by atoms with Crippen molar-refractivity contribution in [3.05, 3.63) is 29.0 Å². The Bertz CT molecular complexity index is 501. The van der Waals surface area contributed by atoms with Crippen LogP contribution in [0.5, 0.6) is 0 Å². The minimum Gasteiger partial charge on any atom is -0.462 e. The third-order valence-corrected chi connectivity index (χ3v) is 2.89. The Morgan fingerprint density at radius 1 is 1.62 bits per heavy atom. The zero-order valence-electron chi connectivity index (χ0n) is 9.02. The van der Waals surface area contributed by atoms with E-state index in [1.54, 1.807) is 18.6 Å². The number of ether oxygens (including phenoxy) is 1. The summed E-state index contributed by atoms with van der Waals surface area (Å²) in [5.74, 6) is 0.315. The van der Waals surface area contributed by atoms with Crippen LogP contribution < -0.4 is 0 Å². The molecule has 0 saturated heterocycles. The molecule has 2 rings (SSSR count). The summed E-state index contributed by atoms with van der Waals surface area (Å²) in [5.41, 5.74) is 1.34. The van der Waals surface area contributed by atoms with E-state index in [4.69, 9.17) is 9.15 Å². The van der Waals surface area contributed by atoms with Crippen molar-refractivity contribution in [3.8, 4) is 10.8 Å². The Morgan fingerprint density at radius 3 is 3.06 bits per heavy atom. The van der Waals surface area contributed by atoms with E-state index in [0.717, 1.165) is 5.56 Å². The van der Waals surface area contributed by atoms with Gasteiger partial charge in [-0.1, -0.05) is 0 Å². The lowest BCUT2D eigenvalue weighted by atomic mass is 10.3. The molecule has 16 heavy (non-hydrogen) atoms. The molecule has 0 unspecified atom stereocenters. The number of furan rings is 1. The highest BCUT2D eigenvalue weighted by Crippen LogP contribution is 2.27. The van der Waals surface area contributed by atoms with E-state index in [1.165, 1.54) is 11.3 Å². The SMILES string of the molecule is CCOC(=O)c1csc(-c2occc2C)n1. The van der Waals surface area contributed by atoms with Crippen molar-refractivity contribution in [2.75, 3.05) is 6.61 Å². The van der Waals surface area contributed by atoms with Crippen molar-refractivity contribution in [3.63, 3.8) is 0 Å². The molecule has 4 nitrogen and oxygen atoms in total. The molecular weight excluding hydrogens is 226 g/mol. The quantitative estimate of drug-likeness (QED) is 0.770. The molecule has 0 aliphatic heterocycles. The normalized spacial score (nSPS) is 10.4. The van der Waals surface area contributed by atoms with Crippen molar-refractivity contribution in [2.45, 2.75) is 13.8 Å². The number of aryl methyl sites for hydroxylation is 1. The Hall–Kier alpha value is -1.62. The van der Waals surface area contributed by atoms with Gasteiger partial charge in [-0.15, -0.1) is 11.3 Å². The van der Waals surface area contributed by atoms with Gasteiger partial charge in [-0.05, 0) is 25.5 Å². The predicted octanol–water partition coefficient (Wildman–Crippen LogP) is 2.89. The first-order valence-electron chi connectivity index (χ1n) is 4.89. The van der Waals surface area contributed by atoms with Crippen LogP contribution in [-0.4, -0.2) is 17.6 Å². The summed E-state index contributed by atoms with van der Waals surface area (Å²) in [5, 5.41) is 2.38. The number of carbonyl (C=O) groups excluding carboxylic acids is 1. The van der Waals surface area contributed by atoms with Gasteiger partial charge in [0.2, 0.25) is 0 Å². The van der Waals surface area contributed by atoms with Gasteiger partial charge in [-0.25, -0.2) is 9.78 Å². The molecule has 0 aliphatic carbocycles. The van der Waals surface area contributed by atoms with Crippen LogP contribution in [0.4, 0.5) is 0 Å². The zero-order chi connectivity index (χ0) is 11.5. The minimum atomic E-state index is -0.394. The minimum absolute atomic E-state index is 0.331. The van der Waals surface area contributed by atoms with Gasteiger partial charge in [0.15, 0.2) is 16.5 Å². The summed E-state index contributed by atoms with van der Waals surface area (Å²) < 4.78 is 10.2. The average Bonchev–Trinajstić information content (AvgIpc) is 2.86. The van der Waals surface area contributed by atoms with Crippen LogP contribution in [0.1, 0.15) is 23.0 Å². The van der Waals surface area contributed by atoms with Crippen LogP contribution in [-0.2, 0) is 4.74 Å². The van der Waals surface area contributed by atoms with Crippen molar-refractivity contribution >= 4 is 17.3 Å². The number of rotatable bonds is 3. The summed E-state index contributed by atoms with van der Waals surface area (Å²) >= 11 is 1.37. The smallest absolute Gasteiger partial charge is 0.357 e. The standard InChI is InChI=1S/C11H11NO3S/c1-3-14-11(13)8-6-16-10(12-8)9-7(2)4-5-15-9/h4-6H,3H2,1-2H3. The maximum Gasteiger partial charge on any atom is 0.357 e. The van der Waals surface area contributed by atoms with Crippen LogP contribution >= 0.6 is 11.3 Å². The van der Waals surface area contributed by atoms with Crippen molar-refractivity contribution in [1.29, 1.82) is 0 Å². The summed E-state index contributed by atoms with van der Waals surface area (Å²) in [6.07, 6.45) is 1.61. The Balaban J connectivity index is 2.26. The van der Waals surface area contributed by atoms with E-state index in [-0.39, 0.29) is 0 Å². The second-order valence-corrected chi connectivity index (χ2v) is 4.05. The first-order valence-corrected chi connectivity index (χ1v) is 5.77. The highest BCUT2D eigenvalue weighted by Gasteiger charge is 2.15. The fourth-order valence-electron chi connectivity index (χ4n) is 1.27. The van der Waals surface area contributed by atoms with E-state index in [0.29, 0.717) is 23.1 Å². The molecule has 0 fully saturated rings. The second kappa shape index (κ2) is 4.49. The lowest BCUT2D eigenvalue weighted by Gasteiger charge is -1.96. The largest absolute Gasteiger partial charge is 0.462 e. The third kappa shape index (κ3) is 1.99. The fraction of sp³-hybridized carbons (Fsp3) is 0.273. The maximum atomic E-state index is 11.4. The number of hydrogen-bond donors (Lipinski definition) is 0. The van der Waals surface area contributed by atoms with Crippen molar-refractivity contribution in [2.24, 2.45) is 0 Å². The Morgan fingerprint density at radius 2 is 2.44 bits per heavy atom. The molecule has 0 amide bonds. The summed E-state index contributed by atoms with van der Waals surface area (Å²) in [7, 11) is 0. The monoisotopic (exact) mass is 237 g/mol. The van der Waals surface area contributed by atoms with Gasteiger partial charge in [-0.3, -0.25) is 0 Å². The summed E-state index contributed by atoms with van der Waals surface area (Å²) in [6, 6.07) is 1.86. The molecule has 2 aromatic heterocycles. The molecular formula is C11H11NO3S. The van der Waals surface area contributed by atoms with E-state index < -0.39 is 5.97 Å². The van der Waals surface area contributed by atoms with Crippen LogP contribution in [0.2, 0.25) is 0 Å². The second-order valence-electron chi connectivity index (χ2n) is 3.19. The topological polar surface area (TPSA) is 52.3 Å². The number of esters is 1. The molecule has 2 heterocycles. The van der Waals surface area contributed by atoms with E-state index in [9.17, 15) is 4.79 Å². The van der Waals surface area contributed by atoms with Gasteiger partial charge in [0.25, 0.3) is 0 Å². The number of hydrogen-bond acceptors (Lipinski definition) is 5. The fourth-order valence-corrected chi connectivity index (χ4v) is 2.11. The van der Waals surface area contributed by atoms with Crippen LogP contribution in [0.3, 0.4) is 0 Å². The van der Waals surface area contributed by atoms with Gasteiger partial charge in [0.05, 0.1) is 12.9 Å². The molecule has 0 atom stereocenters. The van der Waals surface area contributed by atoms with Crippen LogP contribution in [0.25, 0.3) is 10.8 Å². The molecule has 0 bridgehead atoms. The number of aromatic nitrogens is 1. The molecule has 5 heteroatoms. The van der Waals surface area contributed by atoms with E-state index in [1.807, 2.05) is 13.0 Å².